The van der Waals surface area contributed by atoms with E-state index in [9.17, 15) is 0 Å². The molecule has 0 aliphatic carbocycles. The Morgan fingerprint density at radius 1 is 1.33 bits per heavy atom. The number of nitrogens with zero attached hydrogens (tertiary/aromatic N) is 2. The molecule has 0 saturated heterocycles. The Hall–Kier alpha value is -2.28. The van der Waals surface area contributed by atoms with Crippen molar-refractivity contribution in [2.75, 3.05) is 0 Å². The number of rotatable bonds is 4. The van der Waals surface area contributed by atoms with Crippen LogP contribution in [0.25, 0.3) is 11.3 Å². The quantitative estimate of drug-likeness (QED) is 0.895. The first-order valence-corrected chi connectivity index (χ1v) is 5.87. The highest BCUT2D eigenvalue weighted by Crippen LogP contribution is 2.21. The number of hydrogen-bond donors (Lipinski definition) is 1. The molecule has 0 aliphatic rings. The van der Waals surface area contributed by atoms with E-state index in [1.165, 1.54) is 0 Å². The Kier molecular flexibility index (Phi) is 3.63. The molecule has 4 heteroatoms. The third-order valence-electron chi connectivity index (χ3n) is 2.41. The van der Waals surface area contributed by atoms with Crippen LogP contribution < -0.4 is 4.74 Å². The zero-order chi connectivity index (χ0) is 13.0. The summed E-state index contributed by atoms with van der Waals surface area (Å²) in [7, 11) is 0. The van der Waals surface area contributed by atoms with Gasteiger partial charge in [0.2, 0.25) is 0 Å². The molecule has 1 N–H and O–H groups in total. The SMILES string of the molecule is CC(C)Oc1ccc(-c2cnc(CC#N)[nH]2)cc1. The number of ether oxygens (including phenoxy) is 1. The van der Waals surface area contributed by atoms with E-state index >= 15 is 0 Å². The Morgan fingerprint density at radius 3 is 2.67 bits per heavy atom. The third-order valence-corrected chi connectivity index (χ3v) is 2.41. The van der Waals surface area contributed by atoms with Gasteiger partial charge in [-0.25, -0.2) is 4.98 Å². The maximum Gasteiger partial charge on any atom is 0.120 e. The van der Waals surface area contributed by atoms with Crippen LogP contribution in [0.2, 0.25) is 0 Å². The highest BCUT2D eigenvalue weighted by atomic mass is 16.5. The normalized spacial score (nSPS) is 10.3. The summed E-state index contributed by atoms with van der Waals surface area (Å²) in [6.07, 6.45) is 2.21. The Bertz CT molecular complexity index is 549. The molecule has 0 bridgehead atoms. The molecule has 2 aromatic rings. The highest BCUT2D eigenvalue weighted by Gasteiger charge is 2.04. The van der Waals surface area contributed by atoms with Crippen LogP contribution in [-0.2, 0) is 6.42 Å². The summed E-state index contributed by atoms with van der Waals surface area (Å²) in [5.41, 5.74) is 1.94. The molecule has 1 heterocycles. The van der Waals surface area contributed by atoms with Crippen LogP contribution in [0.1, 0.15) is 19.7 Å². The van der Waals surface area contributed by atoms with E-state index < -0.39 is 0 Å². The van der Waals surface area contributed by atoms with Crippen molar-refractivity contribution >= 4 is 0 Å². The summed E-state index contributed by atoms with van der Waals surface area (Å²) in [6.45, 7) is 3.99. The molecule has 0 fully saturated rings. The summed E-state index contributed by atoms with van der Waals surface area (Å²) >= 11 is 0. The molecule has 0 unspecified atom stereocenters. The molecular weight excluding hydrogens is 226 g/mol. The summed E-state index contributed by atoms with van der Waals surface area (Å²) in [6, 6.07) is 9.87. The summed E-state index contributed by atoms with van der Waals surface area (Å²) in [5, 5.41) is 8.59. The topological polar surface area (TPSA) is 61.7 Å². The van der Waals surface area contributed by atoms with Crippen molar-refractivity contribution in [3.05, 3.63) is 36.3 Å². The van der Waals surface area contributed by atoms with Gasteiger partial charge in [-0.2, -0.15) is 5.26 Å². The third kappa shape index (κ3) is 2.89. The fourth-order valence-electron chi connectivity index (χ4n) is 1.66. The molecule has 4 nitrogen and oxygen atoms in total. The van der Waals surface area contributed by atoms with Crippen LogP contribution in [0.4, 0.5) is 0 Å². The maximum absolute atomic E-state index is 8.59. The smallest absolute Gasteiger partial charge is 0.120 e. The lowest BCUT2D eigenvalue weighted by atomic mass is 10.1. The van der Waals surface area contributed by atoms with Crippen LogP contribution >= 0.6 is 0 Å². The second-order valence-electron chi connectivity index (χ2n) is 4.27. The number of nitrogens with one attached hydrogen (secondary N) is 1. The van der Waals surface area contributed by atoms with Crippen LogP contribution in [0.5, 0.6) is 5.75 Å². The lowest BCUT2D eigenvalue weighted by Gasteiger charge is -2.09. The van der Waals surface area contributed by atoms with Gasteiger partial charge in [0.25, 0.3) is 0 Å². The van der Waals surface area contributed by atoms with Crippen molar-refractivity contribution in [1.29, 1.82) is 5.26 Å². The van der Waals surface area contributed by atoms with E-state index in [2.05, 4.69) is 16.0 Å². The molecule has 92 valence electrons. The number of hydrogen-bond acceptors (Lipinski definition) is 3. The van der Waals surface area contributed by atoms with E-state index in [0.29, 0.717) is 12.2 Å². The largest absolute Gasteiger partial charge is 0.491 e. The maximum atomic E-state index is 8.59. The van der Waals surface area contributed by atoms with Crippen LogP contribution in [0.15, 0.2) is 30.5 Å². The van der Waals surface area contributed by atoms with Crippen LogP contribution in [0.3, 0.4) is 0 Å². The second-order valence-corrected chi connectivity index (χ2v) is 4.27. The lowest BCUT2D eigenvalue weighted by Crippen LogP contribution is -2.05. The van der Waals surface area contributed by atoms with Crippen LogP contribution in [0, 0.1) is 11.3 Å². The van der Waals surface area contributed by atoms with E-state index in [0.717, 1.165) is 17.0 Å². The average molecular weight is 241 g/mol. The molecule has 0 aliphatic heterocycles. The summed E-state index contributed by atoms with van der Waals surface area (Å²) in [5.74, 6) is 1.54. The van der Waals surface area contributed by atoms with E-state index in [-0.39, 0.29) is 6.10 Å². The highest BCUT2D eigenvalue weighted by molar-refractivity contribution is 5.59. The van der Waals surface area contributed by atoms with Gasteiger partial charge in [0.05, 0.1) is 30.5 Å². The minimum Gasteiger partial charge on any atom is -0.491 e. The number of nitriles is 1. The number of imidazole rings is 1. The second kappa shape index (κ2) is 5.37. The molecule has 0 radical (unpaired) electrons. The molecular formula is C14H15N3O. The van der Waals surface area contributed by atoms with Gasteiger partial charge in [0, 0.05) is 0 Å². The fraction of sp³-hybridized carbons (Fsp3) is 0.286. The summed E-state index contributed by atoms with van der Waals surface area (Å²) in [4.78, 5) is 7.26. The minimum absolute atomic E-state index is 0.172. The molecule has 18 heavy (non-hydrogen) atoms. The first kappa shape index (κ1) is 12.2. The van der Waals surface area contributed by atoms with Crippen molar-refractivity contribution < 1.29 is 4.74 Å². The Labute approximate surface area is 106 Å². The predicted octanol–water partition coefficient (Wildman–Crippen LogP) is 2.93. The first-order chi connectivity index (χ1) is 8.69. The van der Waals surface area contributed by atoms with Gasteiger partial charge in [-0.1, -0.05) is 0 Å². The zero-order valence-corrected chi connectivity index (χ0v) is 10.5. The minimum atomic E-state index is 0.172. The van der Waals surface area contributed by atoms with Gasteiger partial charge in [-0.05, 0) is 43.7 Å². The van der Waals surface area contributed by atoms with Gasteiger partial charge in [-0.3, -0.25) is 0 Å². The van der Waals surface area contributed by atoms with Gasteiger partial charge in [0.1, 0.15) is 11.6 Å². The zero-order valence-electron chi connectivity index (χ0n) is 10.5. The van der Waals surface area contributed by atoms with Gasteiger partial charge in [0.15, 0.2) is 0 Å². The van der Waals surface area contributed by atoms with Gasteiger partial charge < -0.3 is 9.72 Å². The average Bonchev–Trinajstić information content (AvgIpc) is 2.78. The van der Waals surface area contributed by atoms with Crippen molar-refractivity contribution in [3.63, 3.8) is 0 Å². The van der Waals surface area contributed by atoms with Gasteiger partial charge >= 0.3 is 0 Å². The molecule has 0 saturated carbocycles. The number of aromatic nitrogens is 2. The fourth-order valence-corrected chi connectivity index (χ4v) is 1.66. The van der Waals surface area contributed by atoms with E-state index in [1.54, 1.807) is 6.20 Å². The number of benzene rings is 1. The molecule has 0 amide bonds. The van der Waals surface area contributed by atoms with Gasteiger partial charge in [-0.15, -0.1) is 0 Å². The van der Waals surface area contributed by atoms with Crippen LogP contribution in [-0.4, -0.2) is 16.1 Å². The number of aromatic amines is 1. The monoisotopic (exact) mass is 241 g/mol. The molecule has 1 aromatic carbocycles. The van der Waals surface area contributed by atoms with Crippen molar-refractivity contribution in [2.24, 2.45) is 0 Å². The number of H-pyrrole nitrogens is 1. The predicted molar refractivity (Wildman–Crippen MR) is 69.1 cm³/mol. The first-order valence-electron chi connectivity index (χ1n) is 5.87. The van der Waals surface area contributed by atoms with Crippen molar-refractivity contribution in [1.82, 2.24) is 9.97 Å². The molecule has 2 rings (SSSR count). The molecule has 0 spiro atoms. The lowest BCUT2D eigenvalue weighted by molar-refractivity contribution is 0.242. The molecule has 0 atom stereocenters. The Morgan fingerprint density at radius 2 is 2.06 bits per heavy atom. The van der Waals surface area contributed by atoms with E-state index in [1.807, 2.05) is 38.1 Å². The van der Waals surface area contributed by atoms with Crippen molar-refractivity contribution in [3.8, 4) is 23.1 Å². The Balaban J connectivity index is 2.15. The molecule has 1 aromatic heterocycles. The van der Waals surface area contributed by atoms with Crippen molar-refractivity contribution in [2.45, 2.75) is 26.4 Å². The summed E-state index contributed by atoms with van der Waals surface area (Å²) < 4.78 is 5.58. The standard InChI is InChI=1S/C14H15N3O/c1-10(2)18-12-5-3-11(4-6-12)13-9-16-14(17-13)7-8-15/h3-6,9-10H,7H2,1-2H3,(H,16,17). The van der Waals surface area contributed by atoms with E-state index in [4.69, 9.17) is 10.00 Å².